The Labute approximate surface area is 179 Å². The molecule has 0 unspecified atom stereocenters. The Balaban J connectivity index is 1.61. The van der Waals surface area contributed by atoms with Gasteiger partial charge in [0.05, 0.1) is 26.1 Å². The van der Waals surface area contributed by atoms with Crippen molar-refractivity contribution in [3.05, 3.63) is 72.2 Å². The van der Waals surface area contributed by atoms with E-state index in [1.54, 1.807) is 32.7 Å². The highest BCUT2D eigenvalue weighted by molar-refractivity contribution is 6.03. The summed E-state index contributed by atoms with van der Waals surface area (Å²) in [4.78, 5) is 21.8. The first-order valence-corrected chi connectivity index (χ1v) is 9.63. The molecule has 4 rings (SSSR count). The van der Waals surface area contributed by atoms with E-state index in [2.05, 4.69) is 15.3 Å². The SMILES string of the molecule is COc1ccc(CNC(=O)c2nc(Oc3ccccc3)cc3c2ncn3C)c(OC)c1. The van der Waals surface area contributed by atoms with Gasteiger partial charge in [-0.15, -0.1) is 0 Å². The number of benzene rings is 2. The Morgan fingerprint density at radius 2 is 1.84 bits per heavy atom. The van der Waals surface area contributed by atoms with Gasteiger partial charge in [-0.25, -0.2) is 9.97 Å². The molecule has 0 aliphatic rings. The summed E-state index contributed by atoms with van der Waals surface area (Å²) in [7, 11) is 5.01. The molecule has 0 aliphatic heterocycles. The Morgan fingerprint density at radius 3 is 2.58 bits per heavy atom. The molecule has 0 saturated heterocycles. The smallest absolute Gasteiger partial charge is 0.272 e. The van der Waals surface area contributed by atoms with Crippen molar-refractivity contribution in [1.29, 1.82) is 0 Å². The van der Waals surface area contributed by atoms with Crippen LogP contribution < -0.4 is 19.5 Å². The Hall–Kier alpha value is -4.07. The van der Waals surface area contributed by atoms with E-state index in [1.807, 2.05) is 54.1 Å². The Bertz CT molecular complexity index is 1220. The first kappa shape index (κ1) is 20.2. The molecule has 0 fully saturated rings. The van der Waals surface area contributed by atoms with E-state index in [1.165, 1.54) is 0 Å². The minimum absolute atomic E-state index is 0.191. The van der Waals surface area contributed by atoms with Crippen molar-refractivity contribution >= 4 is 16.9 Å². The van der Waals surface area contributed by atoms with Crippen LogP contribution in [0.15, 0.2) is 60.9 Å². The number of hydrogen-bond acceptors (Lipinski definition) is 6. The second kappa shape index (κ2) is 8.74. The topological polar surface area (TPSA) is 87.5 Å². The number of rotatable bonds is 7. The number of pyridine rings is 1. The van der Waals surface area contributed by atoms with Gasteiger partial charge < -0.3 is 24.1 Å². The lowest BCUT2D eigenvalue weighted by atomic mass is 10.2. The number of para-hydroxylation sites is 1. The van der Waals surface area contributed by atoms with Crippen LogP contribution in [0.4, 0.5) is 0 Å². The van der Waals surface area contributed by atoms with Crippen molar-refractivity contribution in [2.75, 3.05) is 14.2 Å². The summed E-state index contributed by atoms with van der Waals surface area (Å²) in [6.45, 7) is 0.256. The number of aryl methyl sites for hydroxylation is 1. The van der Waals surface area contributed by atoms with Gasteiger partial charge in [-0.1, -0.05) is 18.2 Å². The van der Waals surface area contributed by atoms with E-state index in [0.29, 0.717) is 28.6 Å². The largest absolute Gasteiger partial charge is 0.497 e. The Kier molecular flexibility index (Phi) is 5.70. The van der Waals surface area contributed by atoms with Gasteiger partial charge in [0, 0.05) is 31.3 Å². The minimum Gasteiger partial charge on any atom is -0.497 e. The molecule has 0 radical (unpaired) electrons. The zero-order valence-corrected chi connectivity index (χ0v) is 17.5. The molecule has 1 amide bonds. The number of ether oxygens (including phenoxy) is 3. The third kappa shape index (κ3) is 4.28. The van der Waals surface area contributed by atoms with E-state index in [4.69, 9.17) is 14.2 Å². The van der Waals surface area contributed by atoms with E-state index in [0.717, 1.165) is 11.1 Å². The molecule has 8 heteroatoms. The van der Waals surface area contributed by atoms with Crippen LogP contribution in [0.25, 0.3) is 11.0 Å². The van der Waals surface area contributed by atoms with Crippen LogP contribution in [0.3, 0.4) is 0 Å². The fourth-order valence-corrected chi connectivity index (χ4v) is 3.18. The number of methoxy groups -OCH3 is 2. The number of fused-ring (bicyclic) bond motifs is 1. The molecule has 2 aromatic carbocycles. The van der Waals surface area contributed by atoms with Crippen molar-refractivity contribution in [3.63, 3.8) is 0 Å². The molecule has 0 atom stereocenters. The normalized spacial score (nSPS) is 10.7. The number of carbonyl (C=O) groups is 1. The molecule has 0 saturated carbocycles. The van der Waals surface area contributed by atoms with Crippen molar-refractivity contribution in [1.82, 2.24) is 19.9 Å². The third-order valence-corrected chi connectivity index (χ3v) is 4.80. The number of imidazole rings is 1. The molecule has 31 heavy (non-hydrogen) atoms. The maximum absolute atomic E-state index is 13.0. The molecule has 8 nitrogen and oxygen atoms in total. The zero-order chi connectivity index (χ0) is 21.8. The van der Waals surface area contributed by atoms with Crippen LogP contribution >= 0.6 is 0 Å². The van der Waals surface area contributed by atoms with Crippen LogP contribution in [-0.2, 0) is 13.6 Å². The number of amides is 1. The van der Waals surface area contributed by atoms with Crippen LogP contribution in [0.5, 0.6) is 23.1 Å². The molecule has 1 N–H and O–H groups in total. The molecule has 2 aromatic heterocycles. The fourth-order valence-electron chi connectivity index (χ4n) is 3.18. The van der Waals surface area contributed by atoms with Crippen LogP contribution in [0.2, 0.25) is 0 Å². The highest BCUT2D eigenvalue weighted by atomic mass is 16.5. The van der Waals surface area contributed by atoms with Crippen LogP contribution in [0, 0.1) is 0 Å². The summed E-state index contributed by atoms with van der Waals surface area (Å²) in [6, 6.07) is 16.5. The van der Waals surface area contributed by atoms with Gasteiger partial charge in [-0.2, -0.15) is 0 Å². The standard InChI is InChI=1S/C23H22N4O4/c1-27-14-25-21-18(27)12-20(31-16-7-5-4-6-8-16)26-22(21)23(28)24-13-15-9-10-17(29-2)11-19(15)30-3/h4-12,14H,13H2,1-3H3,(H,24,28). The molecule has 4 aromatic rings. The predicted octanol–water partition coefficient (Wildman–Crippen LogP) is 3.71. The lowest BCUT2D eigenvalue weighted by Crippen LogP contribution is -2.24. The summed E-state index contributed by atoms with van der Waals surface area (Å²) < 4.78 is 18.3. The summed E-state index contributed by atoms with van der Waals surface area (Å²) >= 11 is 0. The van der Waals surface area contributed by atoms with E-state index >= 15 is 0 Å². The second-order valence-corrected chi connectivity index (χ2v) is 6.81. The number of aromatic nitrogens is 3. The summed E-state index contributed by atoms with van der Waals surface area (Å²) in [5.41, 5.74) is 2.25. The van der Waals surface area contributed by atoms with E-state index in [-0.39, 0.29) is 18.1 Å². The minimum atomic E-state index is -0.361. The van der Waals surface area contributed by atoms with Gasteiger partial charge in [0.2, 0.25) is 5.88 Å². The molecule has 0 aliphatic carbocycles. The predicted molar refractivity (Wildman–Crippen MR) is 116 cm³/mol. The molecular formula is C23H22N4O4. The van der Waals surface area contributed by atoms with Gasteiger partial charge in [-0.05, 0) is 24.3 Å². The third-order valence-electron chi connectivity index (χ3n) is 4.80. The first-order valence-electron chi connectivity index (χ1n) is 9.63. The van der Waals surface area contributed by atoms with E-state index < -0.39 is 0 Å². The molecule has 0 bridgehead atoms. The number of hydrogen-bond donors (Lipinski definition) is 1. The Morgan fingerprint density at radius 1 is 1.03 bits per heavy atom. The number of carbonyl (C=O) groups excluding carboxylic acids is 1. The molecule has 2 heterocycles. The van der Waals surface area contributed by atoms with Gasteiger partial charge >= 0.3 is 0 Å². The molecule has 0 spiro atoms. The average molecular weight is 418 g/mol. The average Bonchev–Trinajstić information content (AvgIpc) is 3.18. The monoisotopic (exact) mass is 418 g/mol. The molecule has 158 valence electrons. The van der Waals surface area contributed by atoms with Crippen molar-refractivity contribution in [3.8, 4) is 23.1 Å². The maximum atomic E-state index is 13.0. The lowest BCUT2D eigenvalue weighted by Gasteiger charge is -2.12. The van der Waals surface area contributed by atoms with Crippen LogP contribution in [0.1, 0.15) is 16.1 Å². The van der Waals surface area contributed by atoms with Crippen molar-refractivity contribution in [2.45, 2.75) is 6.54 Å². The summed E-state index contributed by atoms with van der Waals surface area (Å²) in [6.07, 6.45) is 1.64. The maximum Gasteiger partial charge on any atom is 0.272 e. The lowest BCUT2D eigenvalue weighted by molar-refractivity contribution is 0.0946. The molecular weight excluding hydrogens is 396 g/mol. The van der Waals surface area contributed by atoms with Crippen molar-refractivity contribution in [2.24, 2.45) is 7.05 Å². The highest BCUT2D eigenvalue weighted by Crippen LogP contribution is 2.26. The highest BCUT2D eigenvalue weighted by Gasteiger charge is 2.18. The van der Waals surface area contributed by atoms with Gasteiger partial charge in [-0.3, -0.25) is 4.79 Å². The number of nitrogens with one attached hydrogen (secondary N) is 1. The summed E-state index contributed by atoms with van der Waals surface area (Å²) in [5.74, 6) is 1.88. The zero-order valence-electron chi connectivity index (χ0n) is 17.5. The van der Waals surface area contributed by atoms with Gasteiger partial charge in [0.25, 0.3) is 5.91 Å². The second-order valence-electron chi connectivity index (χ2n) is 6.81. The summed E-state index contributed by atoms with van der Waals surface area (Å²) in [5, 5.41) is 2.89. The van der Waals surface area contributed by atoms with Crippen molar-refractivity contribution < 1.29 is 19.0 Å². The van der Waals surface area contributed by atoms with Crippen LogP contribution in [-0.4, -0.2) is 34.7 Å². The quantitative estimate of drug-likeness (QED) is 0.492. The fraction of sp³-hybridized carbons (Fsp3) is 0.174. The van der Waals surface area contributed by atoms with Gasteiger partial charge in [0.1, 0.15) is 22.8 Å². The first-order chi connectivity index (χ1) is 15.1. The number of nitrogens with zero attached hydrogens (tertiary/aromatic N) is 3. The van der Waals surface area contributed by atoms with Gasteiger partial charge in [0.15, 0.2) is 5.69 Å². The van der Waals surface area contributed by atoms with E-state index in [9.17, 15) is 4.79 Å².